The Labute approximate surface area is 254 Å². The van der Waals surface area contributed by atoms with Gasteiger partial charge < -0.3 is 26.6 Å². The summed E-state index contributed by atoms with van der Waals surface area (Å²) in [6, 6.07) is 11.8. The van der Waals surface area contributed by atoms with Crippen LogP contribution in [0, 0.1) is 5.41 Å². The number of benzene rings is 2. The number of nitrogens with two attached hydrogens (primary N) is 2. The summed E-state index contributed by atoms with van der Waals surface area (Å²) < 4.78 is 0. The van der Waals surface area contributed by atoms with Crippen LogP contribution in [0.5, 0.6) is 0 Å². The monoisotopic (exact) mass is 590 g/mol. The number of piperidine rings is 1. The van der Waals surface area contributed by atoms with Crippen LogP contribution >= 0.6 is 0 Å². The van der Waals surface area contributed by atoms with Crippen LogP contribution in [-0.2, 0) is 25.6 Å². The minimum atomic E-state index is -0.792. The molecule has 10 heteroatoms. The summed E-state index contributed by atoms with van der Waals surface area (Å²) in [6.07, 6.45) is 6.82. The number of amides is 3. The summed E-state index contributed by atoms with van der Waals surface area (Å²) in [5, 5.41) is 12.6. The Balaban J connectivity index is 1.36. The van der Waals surface area contributed by atoms with Gasteiger partial charge in [0.1, 0.15) is 6.04 Å². The first-order valence-corrected chi connectivity index (χ1v) is 15.7. The summed E-state index contributed by atoms with van der Waals surface area (Å²) >= 11 is 0. The minimum absolute atomic E-state index is 0.0253. The average Bonchev–Trinajstić information content (AvgIpc) is 3.51. The zero-order chi connectivity index (χ0) is 30.8. The normalized spacial score (nSPS) is 18.3. The van der Waals surface area contributed by atoms with Crippen LogP contribution in [0.1, 0.15) is 76.2 Å². The van der Waals surface area contributed by atoms with Crippen molar-refractivity contribution >= 4 is 40.1 Å². The molecule has 3 atom stereocenters. The highest BCUT2D eigenvalue weighted by atomic mass is 16.2. The highest BCUT2D eigenvalue weighted by Gasteiger charge is 2.37. The molecule has 3 amide bonds. The summed E-state index contributed by atoms with van der Waals surface area (Å²) in [7, 11) is 0. The molecule has 2 aromatic rings. The molecule has 2 heterocycles. The molecule has 2 fully saturated rings. The topological polar surface area (TPSA) is 163 Å². The van der Waals surface area contributed by atoms with Gasteiger partial charge in [-0.05, 0) is 67.7 Å². The SMILES string of the molecule is N=C(N)CCCCC(NC(=O)[C@@H]1CCCN1C(=O)C(N)Cc1ccc2ccccc2c1)C(=O)CCC(=O)N1CCCCC1. The first-order valence-electron chi connectivity index (χ1n) is 15.7. The number of carbonyl (C=O) groups is 4. The Kier molecular flexibility index (Phi) is 11.7. The van der Waals surface area contributed by atoms with Gasteiger partial charge in [-0.25, -0.2) is 0 Å². The van der Waals surface area contributed by atoms with E-state index in [0.29, 0.717) is 51.5 Å². The standard InChI is InChI=1S/C33H46N6O4/c34-26(22-23-14-15-24-9-2-3-10-25(24)21-23)33(43)39-20-8-12-28(39)32(42)37-27(11-4-5-13-30(35)36)29(40)16-17-31(41)38-18-6-1-7-19-38/h2-3,9-10,14-15,21,26-28H,1,4-8,11-13,16-20,22,34H2,(H3,35,36)(H,37,42)/t26?,27?,28-/m0/s1. The van der Waals surface area contributed by atoms with Crippen LogP contribution in [0.3, 0.4) is 0 Å². The van der Waals surface area contributed by atoms with E-state index in [2.05, 4.69) is 5.32 Å². The number of rotatable bonds is 14. The second-order valence-electron chi connectivity index (χ2n) is 11.9. The van der Waals surface area contributed by atoms with E-state index < -0.39 is 18.1 Å². The van der Waals surface area contributed by atoms with Crippen LogP contribution < -0.4 is 16.8 Å². The smallest absolute Gasteiger partial charge is 0.243 e. The molecule has 6 N–H and O–H groups in total. The largest absolute Gasteiger partial charge is 0.388 e. The van der Waals surface area contributed by atoms with E-state index in [1.807, 2.05) is 47.4 Å². The molecule has 2 unspecified atom stereocenters. The van der Waals surface area contributed by atoms with E-state index in [1.54, 1.807) is 4.90 Å². The molecule has 0 aromatic heterocycles. The predicted molar refractivity (Wildman–Crippen MR) is 167 cm³/mol. The lowest BCUT2D eigenvalue weighted by atomic mass is 9.99. The Morgan fingerprint density at radius 2 is 1.65 bits per heavy atom. The van der Waals surface area contributed by atoms with Crippen molar-refractivity contribution in [1.82, 2.24) is 15.1 Å². The second-order valence-corrected chi connectivity index (χ2v) is 11.9. The van der Waals surface area contributed by atoms with Gasteiger partial charge in [0.05, 0.1) is 17.9 Å². The van der Waals surface area contributed by atoms with Crippen molar-refractivity contribution in [2.45, 2.75) is 95.2 Å². The van der Waals surface area contributed by atoms with Crippen LogP contribution in [0.2, 0.25) is 0 Å². The number of nitrogens with one attached hydrogen (secondary N) is 2. The molecule has 43 heavy (non-hydrogen) atoms. The number of likely N-dealkylation sites (tertiary alicyclic amines) is 2. The van der Waals surface area contributed by atoms with Gasteiger partial charge >= 0.3 is 0 Å². The molecule has 4 rings (SSSR count). The highest BCUT2D eigenvalue weighted by Crippen LogP contribution is 2.22. The number of hydrogen-bond donors (Lipinski definition) is 4. The zero-order valence-electron chi connectivity index (χ0n) is 25.1. The van der Waals surface area contributed by atoms with Gasteiger partial charge in [0.15, 0.2) is 5.78 Å². The van der Waals surface area contributed by atoms with Gasteiger partial charge in [0.2, 0.25) is 17.7 Å². The maximum atomic E-state index is 13.5. The second kappa shape index (κ2) is 15.6. The zero-order valence-corrected chi connectivity index (χ0v) is 25.1. The lowest BCUT2D eigenvalue weighted by Gasteiger charge is -2.29. The molecule has 0 bridgehead atoms. The Morgan fingerprint density at radius 1 is 0.907 bits per heavy atom. The van der Waals surface area contributed by atoms with E-state index in [4.69, 9.17) is 16.9 Å². The number of fused-ring (bicyclic) bond motifs is 1. The Bertz CT molecular complexity index is 1310. The predicted octanol–water partition coefficient (Wildman–Crippen LogP) is 3.04. The molecule has 2 aliphatic heterocycles. The maximum Gasteiger partial charge on any atom is 0.243 e. The van der Waals surface area contributed by atoms with E-state index in [1.165, 1.54) is 0 Å². The summed E-state index contributed by atoms with van der Waals surface area (Å²) in [5.74, 6) is -0.773. The lowest BCUT2D eigenvalue weighted by molar-refractivity contribution is -0.140. The molecule has 0 saturated carbocycles. The Morgan fingerprint density at radius 3 is 2.40 bits per heavy atom. The number of unbranched alkanes of at least 4 members (excludes halogenated alkanes) is 1. The average molecular weight is 591 g/mol. The van der Waals surface area contributed by atoms with Crippen molar-refractivity contribution in [3.05, 3.63) is 48.0 Å². The molecule has 0 radical (unpaired) electrons. The fourth-order valence-corrected chi connectivity index (χ4v) is 6.17. The van der Waals surface area contributed by atoms with Gasteiger partial charge in [0, 0.05) is 38.9 Å². The van der Waals surface area contributed by atoms with Crippen molar-refractivity contribution in [2.24, 2.45) is 11.5 Å². The quantitative estimate of drug-likeness (QED) is 0.150. The van der Waals surface area contributed by atoms with Crippen molar-refractivity contribution in [1.29, 1.82) is 5.41 Å². The molecule has 232 valence electrons. The van der Waals surface area contributed by atoms with E-state index in [-0.39, 0.29) is 42.2 Å². The summed E-state index contributed by atoms with van der Waals surface area (Å²) in [6.45, 7) is 1.89. The molecular weight excluding hydrogens is 544 g/mol. The fourth-order valence-electron chi connectivity index (χ4n) is 6.17. The molecular formula is C33H46N6O4. The van der Waals surface area contributed by atoms with Crippen molar-refractivity contribution < 1.29 is 19.2 Å². The summed E-state index contributed by atoms with van der Waals surface area (Å²) in [4.78, 5) is 56.2. The minimum Gasteiger partial charge on any atom is -0.388 e. The molecule has 0 aliphatic carbocycles. The van der Waals surface area contributed by atoms with Gasteiger partial charge in [0.25, 0.3) is 0 Å². The van der Waals surface area contributed by atoms with Gasteiger partial charge in [-0.15, -0.1) is 0 Å². The molecule has 2 aliphatic rings. The van der Waals surface area contributed by atoms with Crippen LogP contribution in [0.25, 0.3) is 10.8 Å². The van der Waals surface area contributed by atoms with Crippen molar-refractivity contribution in [3.8, 4) is 0 Å². The molecule has 0 spiro atoms. The van der Waals surface area contributed by atoms with Gasteiger partial charge in [-0.3, -0.25) is 24.6 Å². The number of amidine groups is 1. The third kappa shape index (κ3) is 9.10. The third-order valence-corrected chi connectivity index (χ3v) is 8.61. The van der Waals surface area contributed by atoms with E-state index in [9.17, 15) is 19.2 Å². The first kappa shape index (κ1) is 32.1. The number of hydrogen-bond acceptors (Lipinski definition) is 6. The van der Waals surface area contributed by atoms with Crippen LogP contribution in [0.4, 0.5) is 0 Å². The highest BCUT2D eigenvalue weighted by molar-refractivity contribution is 5.95. The number of ketones is 1. The number of nitrogens with zero attached hydrogens (tertiary/aromatic N) is 2. The Hall–Kier alpha value is -3.79. The number of carbonyl (C=O) groups excluding carboxylic acids is 4. The van der Waals surface area contributed by atoms with Gasteiger partial charge in [-0.2, -0.15) is 0 Å². The fraction of sp³-hybridized carbons (Fsp3) is 0.545. The van der Waals surface area contributed by atoms with E-state index in [0.717, 1.165) is 48.7 Å². The van der Waals surface area contributed by atoms with Crippen LogP contribution in [-0.4, -0.2) is 76.9 Å². The maximum absolute atomic E-state index is 13.5. The van der Waals surface area contributed by atoms with Crippen molar-refractivity contribution in [2.75, 3.05) is 19.6 Å². The first-order chi connectivity index (χ1) is 20.7. The molecule has 2 saturated heterocycles. The third-order valence-electron chi connectivity index (χ3n) is 8.61. The number of Topliss-reactive ketones (excluding diaryl/α,β-unsaturated/α-hetero) is 1. The summed E-state index contributed by atoms with van der Waals surface area (Å²) in [5.41, 5.74) is 12.8. The van der Waals surface area contributed by atoms with Gasteiger partial charge in [-0.1, -0.05) is 48.9 Å². The lowest BCUT2D eigenvalue weighted by Crippen LogP contribution is -2.54. The van der Waals surface area contributed by atoms with Crippen molar-refractivity contribution in [3.63, 3.8) is 0 Å². The van der Waals surface area contributed by atoms with Crippen LogP contribution in [0.15, 0.2) is 42.5 Å². The molecule has 2 aromatic carbocycles. The molecule has 10 nitrogen and oxygen atoms in total. The van der Waals surface area contributed by atoms with E-state index >= 15 is 0 Å².